The van der Waals surface area contributed by atoms with Crippen LogP contribution in [0.2, 0.25) is 0 Å². The Kier molecular flexibility index (Phi) is 4.40. The summed E-state index contributed by atoms with van der Waals surface area (Å²) in [6.45, 7) is 0. The summed E-state index contributed by atoms with van der Waals surface area (Å²) < 4.78 is 15.6. The second kappa shape index (κ2) is 6.81. The van der Waals surface area contributed by atoms with Crippen LogP contribution in [0.5, 0.6) is 0 Å². The Morgan fingerprint density at radius 2 is 1.96 bits per heavy atom. The molecule has 2 aromatic carbocycles. The predicted molar refractivity (Wildman–Crippen MR) is 92.3 cm³/mol. The van der Waals surface area contributed by atoms with E-state index in [0.29, 0.717) is 11.4 Å². The van der Waals surface area contributed by atoms with E-state index < -0.39 is 10.7 Å². The van der Waals surface area contributed by atoms with Crippen molar-refractivity contribution in [1.82, 2.24) is 4.57 Å². The highest BCUT2D eigenvalue weighted by atomic mass is 19.1. The van der Waals surface area contributed by atoms with Gasteiger partial charge in [-0.3, -0.25) is 10.1 Å². The zero-order valence-electron chi connectivity index (χ0n) is 13.0. The highest BCUT2D eigenvalue weighted by molar-refractivity contribution is 5.89. The van der Waals surface area contributed by atoms with Crippen molar-refractivity contribution in [3.05, 3.63) is 94.0 Å². The molecule has 0 aliphatic heterocycles. The molecule has 0 bridgehead atoms. The molecule has 0 atom stereocenters. The van der Waals surface area contributed by atoms with Crippen molar-refractivity contribution in [1.29, 1.82) is 5.26 Å². The van der Waals surface area contributed by atoms with E-state index in [-0.39, 0.29) is 16.8 Å². The molecule has 0 radical (unpaired) electrons. The Labute approximate surface area is 143 Å². The summed E-state index contributed by atoms with van der Waals surface area (Å²) in [4.78, 5) is 10.5. The van der Waals surface area contributed by atoms with Gasteiger partial charge in [0, 0.05) is 29.6 Å². The number of nitro groups is 1. The SMILES string of the molecule is N#C/C(=C/c1cccn1-c1cccc([N+](=O)[O-])c1)c1ccccc1F. The van der Waals surface area contributed by atoms with Crippen LogP contribution < -0.4 is 0 Å². The van der Waals surface area contributed by atoms with Gasteiger partial charge in [-0.1, -0.05) is 24.3 Å². The summed E-state index contributed by atoms with van der Waals surface area (Å²) in [5.74, 6) is -0.483. The van der Waals surface area contributed by atoms with Crippen LogP contribution in [0.3, 0.4) is 0 Å². The second-order valence-electron chi connectivity index (χ2n) is 5.23. The van der Waals surface area contributed by atoms with Crippen LogP contribution in [-0.4, -0.2) is 9.49 Å². The standard InChI is InChI=1S/C19H12FN3O2/c20-19-9-2-1-8-18(19)14(13-21)11-15-7-4-10-22(15)16-5-3-6-17(12-16)23(24)25/h1-12H/b14-11-. The third-order valence-corrected chi connectivity index (χ3v) is 3.68. The van der Waals surface area contributed by atoms with Gasteiger partial charge >= 0.3 is 0 Å². The highest BCUT2D eigenvalue weighted by Gasteiger charge is 2.11. The zero-order chi connectivity index (χ0) is 17.8. The number of benzene rings is 2. The molecule has 25 heavy (non-hydrogen) atoms. The first-order valence-corrected chi connectivity index (χ1v) is 7.39. The maximum Gasteiger partial charge on any atom is 0.271 e. The van der Waals surface area contributed by atoms with Crippen LogP contribution in [0.15, 0.2) is 66.9 Å². The smallest absolute Gasteiger partial charge is 0.271 e. The van der Waals surface area contributed by atoms with Gasteiger partial charge in [-0.2, -0.15) is 5.26 Å². The Morgan fingerprint density at radius 3 is 2.68 bits per heavy atom. The fraction of sp³-hybridized carbons (Fsp3) is 0. The lowest BCUT2D eigenvalue weighted by molar-refractivity contribution is -0.384. The predicted octanol–water partition coefficient (Wildman–Crippen LogP) is 4.59. The van der Waals surface area contributed by atoms with Crippen LogP contribution in [-0.2, 0) is 0 Å². The quantitative estimate of drug-likeness (QED) is 0.398. The second-order valence-corrected chi connectivity index (χ2v) is 5.23. The number of halogens is 1. The molecule has 0 unspecified atom stereocenters. The molecule has 5 nitrogen and oxygen atoms in total. The summed E-state index contributed by atoms with van der Waals surface area (Å²) in [5, 5.41) is 20.4. The Bertz CT molecular complexity index is 1020. The van der Waals surface area contributed by atoms with Gasteiger partial charge in [0.2, 0.25) is 0 Å². The highest BCUT2D eigenvalue weighted by Crippen LogP contribution is 2.24. The normalized spacial score (nSPS) is 11.1. The lowest BCUT2D eigenvalue weighted by Crippen LogP contribution is -1.97. The summed E-state index contributed by atoms with van der Waals surface area (Å²) in [5.41, 5.74) is 1.53. The number of aromatic nitrogens is 1. The molecule has 0 fully saturated rings. The molecule has 1 aromatic heterocycles. The molecular weight excluding hydrogens is 321 g/mol. The van der Waals surface area contributed by atoms with Crippen LogP contribution in [0.4, 0.5) is 10.1 Å². The number of rotatable bonds is 4. The van der Waals surface area contributed by atoms with Gasteiger partial charge in [-0.15, -0.1) is 0 Å². The molecule has 1 heterocycles. The van der Waals surface area contributed by atoms with Crippen LogP contribution in [0, 0.1) is 27.3 Å². The number of hydrogen-bond donors (Lipinski definition) is 0. The van der Waals surface area contributed by atoms with Crippen molar-refractivity contribution in [2.75, 3.05) is 0 Å². The Hall–Kier alpha value is -3.72. The molecule has 3 aromatic rings. The van der Waals surface area contributed by atoms with Crippen molar-refractivity contribution in [3.63, 3.8) is 0 Å². The number of nitrogens with zero attached hydrogens (tertiary/aromatic N) is 3. The zero-order valence-corrected chi connectivity index (χ0v) is 13.0. The monoisotopic (exact) mass is 333 g/mol. The minimum absolute atomic E-state index is 0.0317. The maximum absolute atomic E-state index is 13.9. The van der Waals surface area contributed by atoms with E-state index in [1.807, 2.05) is 6.07 Å². The van der Waals surface area contributed by atoms with E-state index in [1.54, 1.807) is 53.2 Å². The third kappa shape index (κ3) is 3.31. The van der Waals surface area contributed by atoms with E-state index in [9.17, 15) is 19.8 Å². The van der Waals surface area contributed by atoms with Gasteiger partial charge in [0.15, 0.2) is 0 Å². The van der Waals surface area contributed by atoms with Gasteiger partial charge in [-0.25, -0.2) is 4.39 Å². The van der Waals surface area contributed by atoms with E-state index in [0.717, 1.165) is 0 Å². The van der Waals surface area contributed by atoms with E-state index in [1.165, 1.54) is 24.3 Å². The molecule has 0 N–H and O–H groups in total. The first kappa shape index (κ1) is 16.1. The number of nitriles is 1. The molecule has 6 heteroatoms. The molecular formula is C19H12FN3O2. The first-order valence-electron chi connectivity index (χ1n) is 7.39. The Morgan fingerprint density at radius 1 is 1.16 bits per heavy atom. The molecule has 0 saturated carbocycles. The molecule has 0 amide bonds. The van der Waals surface area contributed by atoms with Crippen molar-refractivity contribution in [2.45, 2.75) is 0 Å². The van der Waals surface area contributed by atoms with Gasteiger partial charge in [-0.05, 0) is 30.3 Å². The van der Waals surface area contributed by atoms with Crippen LogP contribution in [0.25, 0.3) is 17.3 Å². The lowest BCUT2D eigenvalue weighted by atomic mass is 10.1. The van der Waals surface area contributed by atoms with Gasteiger partial charge in [0.25, 0.3) is 5.69 Å². The molecule has 3 rings (SSSR count). The molecule has 0 saturated heterocycles. The van der Waals surface area contributed by atoms with Crippen molar-refractivity contribution >= 4 is 17.3 Å². The van der Waals surface area contributed by atoms with Gasteiger partial charge in [0.05, 0.1) is 22.3 Å². The summed E-state index contributed by atoms with van der Waals surface area (Å²) in [6, 6.07) is 17.7. The van der Waals surface area contributed by atoms with Crippen molar-refractivity contribution < 1.29 is 9.31 Å². The number of non-ortho nitro benzene ring substituents is 1. The average Bonchev–Trinajstić information content (AvgIpc) is 3.08. The summed E-state index contributed by atoms with van der Waals surface area (Å²) >= 11 is 0. The topological polar surface area (TPSA) is 71.9 Å². The molecule has 0 spiro atoms. The maximum atomic E-state index is 13.9. The molecule has 0 aliphatic carbocycles. The van der Waals surface area contributed by atoms with Gasteiger partial charge in [0.1, 0.15) is 5.82 Å². The molecule has 0 aliphatic rings. The van der Waals surface area contributed by atoms with Crippen LogP contribution in [0.1, 0.15) is 11.3 Å². The lowest BCUT2D eigenvalue weighted by Gasteiger charge is -2.07. The summed E-state index contributed by atoms with van der Waals surface area (Å²) in [7, 11) is 0. The third-order valence-electron chi connectivity index (χ3n) is 3.68. The minimum Gasteiger partial charge on any atom is -0.317 e. The van der Waals surface area contributed by atoms with E-state index in [4.69, 9.17) is 0 Å². The number of hydrogen-bond acceptors (Lipinski definition) is 3. The van der Waals surface area contributed by atoms with Crippen LogP contribution >= 0.6 is 0 Å². The number of allylic oxidation sites excluding steroid dienone is 1. The van der Waals surface area contributed by atoms with Gasteiger partial charge < -0.3 is 4.57 Å². The summed E-state index contributed by atoms with van der Waals surface area (Å²) in [6.07, 6.45) is 3.28. The van der Waals surface area contributed by atoms with Crippen molar-refractivity contribution in [3.8, 4) is 11.8 Å². The average molecular weight is 333 g/mol. The largest absolute Gasteiger partial charge is 0.317 e. The Balaban J connectivity index is 2.08. The number of nitro benzene ring substituents is 1. The molecule has 122 valence electrons. The van der Waals surface area contributed by atoms with E-state index >= 15 is 0 Å². The minimum atomic E-state index is -0.483. The fourth-order valence-corrected chi connectivity index (χ4v) is 2.50. The van der Waals surface area contributed by atoms with E-state index in [2.05, 4.69) is 0 Å². The fourth-order valence-electron chi connectivity index (χ4n) is 2.50. The first-order chi connectivity index (χ1) is 12.1. The van der Waals surface area contributed by atoms with Crippen molar-refractivity contribution in [2.24, 2.45) is 0 Å².